The number of β-amino-alcohol motifs (C(OH)–C–C–N with tert-alkyl or cyclic N) is 1. The van der Waals surface area contributed by atoms with Crippen LogP contribution in [-0.2, 0) is 10.3 Å². The minimum absolute atomic E-state index is 0.0780. The molecule has 0 aliphatic carbocycles. The fourth-order valence-electron chi connectivity index (χ4n) is 4.42. The van der Waals surface area contributed by atoms with Gasteiger partial charge in [0.05, 0.1) is 23.9 Å². The van der Waals surface area contributed by atoms with Gasteiger partial charge in [-0.15, -0.1) is 0 Å². The summed E-state index contributed by atoms with van der Waals surface area (Å²) in [6.45, 7) is 4.79. The summed E-state index contributed by atoms with van der Waals surface area (Å²) in [7, 11) is 0. The molecule has 4 rings (SSSR count). The lowest BCUT2D eigenvalue weighted by Crippen LogP contribution is -2.51. The predicted molar refractivity (Wildman–Crippen MR) is 125 cm³/mol. The maximum Gasteiger partial charge on any atom is 0.325 e. The fourth-order valence-corrected chi connectivity index (χ4v) is 4.55. The van der Waals surface area contributed by atoms with Gasteiger partial charge in [-0.2, -0.15) is 5.26 Å². The van der Waals surface area contributed by atoms with Crippen molar-refractivity contribution in [2.45, 2.75) is 18.6 Å². The van der Waals surface area contributed by atoms with E-state index < -0.39 is 23.6 Å². The first kappa shape index (κ1) is 23.1. The zero-order valence-electron chi connectivity index (χ0n) is 18.4. The van der Waals surface area contributed by atoms with Crippen molar-refractivity contribution in [1.82, 2.24) is 15.1 Å². The Kier molecular flexibility index (Phi) is 6.56. The number of imide groups is 1. The van der Waals surface area contributed by atoms with Crippen molar-refractivity contribution in [2.24, 2.45) is 0 Å². The highest BCUT2D eigenvalue weighted by Crippen LogP contribution is 2.30. The average Bonchev–Trinajstić information content (AvgIpc) is 3.03. The second-order valence-corrected chi connectivity index (χ2v) is 8.98. The second kappa shape index (κ2) is 9.40. The van der Waals surface area contributed by atoms with E-state index >= 15 is 0 Å². The predicted octanol–water partition coefficient (Wildman–Crippen LogP) is 2.16. The van der Waals surface area contributed by atoms with Crippen molar-refractivity contribution in [1.29, 1.82) is 5.26 Å². The van der Waals surface area contributed by atoms with E-state index in [4.69, 9.17) is 11.6 Å². The maximum atomic E-state index is 13.1. The van der Waals surface area contributed by atoms with Crippen LogP contribution >= 0.6 is 11.6 Å². The van der Waals surface area contributed by atoms with E-state index in [1.54, 1.807) is 37.3 Å². The summed E-state index contributed by atoms with van der Waals surface area (Å²) >= 11 is 5.94. The van der Waals surface area contributed by atoms with Crippen molar-refractivity contribution in [3.05, 3.63) is 64.7 Å². The van der Waals surface area contributed by atoms with Crippen molar-refractivity contribution in [2.75, 3.05) is 44.2 Å². The third kappa shape index (κ3) is 4.67. The molecule has 0 radical (unpaired) electrons. The van der Waals surface area contributed by atoms with E-state index in [-0.39, 0.29) is 6.54 Å². The monoisotopic (exact) mass is 467 g/mol. The molecule has 2 fully saturated rings. The molecular weight excluding hydrogens is 442 g/mol. The fraction of sp³-hybridized carbons (Fsp3) is 0.375. The molecule has 172 valence electrons. The van der Waals surface area contributed by atoms with Crippen LogP contribution in [0.3, 0.4) is 0 Å². The van der Waals surface area contributed by atoms with Gasteiger partial charge in [-0.05, 0) is 36.8 Å². The van der Waals surface area contributed by atoms with Crippen LogP contribution in [0.4, 0.5) is 10.5 Å². The Bertz CT molecular complexity index is 1080. The number of anilines is 1. The number of urea groups is 1. The van der Waals surface area contributed by atoms with Gasteiger partial charge in [0.25, 0.3) is 5.91 Å². The topological polar surface area (TPSA) is 99.9 Å². The van der Waals surface area contributed by atoms with Crippen molar-refractivity contribution >= 4 is 29.2 Å². The summed E-state index contributed by atoms with van der Waals surface area (Å²) < 4.78 is 0. The molecule has 2 aromatic rings. The van der Waals surface area contributed by atoms with Gasteiger partial charge in [-0.25, -0.2) is 4.79 Å². The molecule has 2 unspecified atom stereocenters. The van der Waals surface area contributed by atoms with Gasteiger partial charge in [0.2, 0.25) is 0 Å². The van der Waals surface area contributed by atoms with Crippen LogP contribution < -0.4 is 10.2 Å². The van der Waals surface area contributed by atoms with Gasteiger partial charge < -0.3 is 15.3 Å². The highest BCUT2D eigenvalue weighted by Gasteiger charge is 2.49. The second-order valence-electron chi connectivity index (χ2n) is 8.55. The summed E-state index contributed by atoms with van der Waals surface area (Å²) in [5.41, 5.74) is 1.01. The molecule has 2 heterocycles. The summed E-state index contributed by atoms with van der Waals surface area (Å²) in [6.07, 6.45) is -0.870. The Hall–Kier alpha value is -3.12. The molecule has 2 saturated heterocycles. The number of hydrogen-bond acceptors (Lipinski definition) is 6. The highest BCUT2D eigenvalue weighted by molar-refractivity contribution is 6.30. The number of nitrogens with zero attached hydrogens (tertiary/aromatic N) is 4. The van der Waals surface area contributed by atoms with E-state index in [0.29, 0.717) is 35.8 Å². The average molecular weight is 468 g/mol. The number of hydrogen-bond donors (Lipinski definition) is 2. The Balaban J connectivity index is 1.33. The molecule has 2 aliphatic rings. The zero-order valence-corrected chi connectivity index (χ0v) is 19.1. The zero-order chi connectivity index (χ0) is 23.6. The first-order chi connectivity index (χ1) is 15.8. The van der Waals surface area contributed by atoms with Gasteiger partial charge in [0.1, 0.15) is 11.6 Å². The molecule has 0 bridgehead atoms. The smallest absolute Gasteiger partial charge is 0.325 e. The molecule has 2 aliphatic heterocycles. The number of nitrogens with one attached hydrogen (secondary N) is 1. The number of halogens is 1. The molecule has 2 aromatic carbocycles. The third-order valence-electron chi connectivity index (χ3n) is 6.30. The Morgan fingerprint density at radius 3 is 2.42 bits per heavy atom. The van der Waals surface area contributed by atoms with Gasteiger partial charge in [0.15, 0.2) is 0 Å². The summed E-state index contributed by atoms with van der Waals surface area (Å²) in [4.78, 5) is 31.0. The van der Waals surface area contributed by atoms with E-state index in [1.165, 1.54) is 0 Å². The number of aliphatic hydroxyl groups is 1. The number of para-hydroxylation sites is 1. The molecule has 8 nitrogen and oxygen atoms in total. The SMILES string of the molecule is CC1(c2ccc(Cl)cc2)NC(=O)N(CC(O)CN2CCN(c3ccccc3C#N)CC2)C1=O. The van der Waals surface area contributed by atoms with Crippen LogP contribution in [0.2, 0.25) is 5.02 Å². The van der Waals surface area contributed by atoms with Crippen LogP contribution in [-0.4, -0.2) is 72.2 Å². The highest BCUT2D eigenvalue weighted by atomic mass is 35.5. The van der Waals surface area contributed by atoms with E-state index in [2.05, 4.69) is 21.2 Å². The van der Waals surface area contributed by atoms with Crippen LogP contribution in [0, 0.1) is 11.3 Å². The molecule has 9 heteroatoms. The van der Waals surface area contributed by atoms with Gasteiger partial charge >= 0.3 is 6.03 Å². The summed E-state index contributed by atoms with van der Waals surface area (Å²) in [5.74, 6) is -0.396. The standard InChI is InChI=1S/C24H26ClN5O3/c1-24(18-6-8-19(25)9-7-18)22(32)30(23(33)27-24)16-20(31)15-28-10-12-29(13-11-28)21-5-3-2-4-17(21)14-26/h2-9,20,31H,10-13,15-16H2,1H3,(H,27,33). The van der Waals surface area contributed by atoms with E-state index in [9.17, 15) is 20.0 Å². The molecule has 0 spiro atoms. The molecule has 2 atom stereocenters. The van der Waals surface area contributed by atoms with Gasteiger partial charge in [-0.1, -0.05) is 35.9 Å². The number of piperazine rings is 1. The molecule has 0 aromatic heterocycles. The maximum absolute atomic E-state index is 13.1. The van der Waals surface area contributed by atoms with Gasteiger partial charge in [0, 0.05) is 37.7 Å². The lowest BCUT2D eigenvalue weighted by atomic mass is 9.92. The molecule has 33 heavy (non-hydrogen) atoms. The van der Waals surface area contributed by atoms with Gasteiger partial charge in [-0.3, -0.25) is 14.6 Å². The number of rotatable bonds is 6. The lowest BCUT2D eigenvalue weighted by molar-refractivity contribution is -0.132. The Morgan fingerprint density at radius 1 is 1.09 bits per heavy atom. The molecule has 0 saturated carbocycles. The first-order valence-electron chi connectivity index (χ1n) is 10.9. The molecule has 2 N–H and O–H groups in total. The van der Waals surface area contributed by atoms with E-state index in [1.807, 2.05) is 18.2 Å². The van der Waals surface area contributed by atoms with Crippen LogP contribution in [0.25, 0.3) is 0 Å². The lowest BCUT2D eigenvalue weighted by Gasteiger charge is -2.37. The minimum atomic E-state index is -1.19. The van der Waals surface area contributed by atoms with Crippen molar-refractivity contribution in [3.63, 3.8) is 0 Å². The van der Waals surface area contributed by atoms with Crippen LogP contribution in [0.15, 0.2) is 48.5 Å². The summed E-state index contributed by atoms with van der Waals surface area (Å²) in [6, 6.07) is 16.0. The number of nitriles is 1. The Labute approximate surface area is 197 Å². The van der Waals surface area contributed by atoms with Crippen molar-refractivity contribution in [3.8, 4) is 6.07 Å². The van der Waals surface area contributed by atoms with Crippen molar-refractivity contribution < 1.29 is 14.7 Å². The minimum Gasteiger partial charge on any atom is -0.390 e. The Morgan fingerprint density at radius 2 is 1.76 bits per heavy atom. The normalized spacial score (nSPS) is 22.2. The molecule has 3 amide bonds. The third-order valence-corrected chi connectivity index (χ3v) is 6.55. The molecular formula is C24H26ClN5O3. The summed E-state index contributed by atoms with van der Waals surface area (Å²) in [5, 5.41) is 23.3. The first-order valence-corrected chi connectivity index (χ1v) is 11.2. The number of amides is 3. The number of benzene rings is 2. The number of aliphatic hydroxyl groups excluding tert-OH is 1. The van der Waals surface area contributed by atoms with Crippen LogP contribution in [0.1, 0.15) is 18.1 Å². The largest absolute Gasteiger partial charge is 0.390 e. The number of carbonyl (C=O) groups is 2. The van der Waals surface area contributed by atoms with E-state index in [0.717, 1.165) is 23.7 Å². The number of carbonyl (C=O) groups excluding carboxylic acids is 2. The van der Waals surface area contributed by atoms with Crippen LogP contribution in [0.5, 0.6) is 0 Å². The quantitative estimate of drug-likeness (QED) is 0.631.